The third-order valence-corrected chi connectivity index (χ3v) is 4.75. The van der Waals surface area contributed by atoms with Crippen molar-refractivity contribution in [2.24, 2.45) is 11.1 Å². The number of furan rings is 1. The molecule has 1 aromatic rings. The summed E-state index contributed by atoms with van der Waals surface area (Å²) in [5.41, 5.74) is 5.16. The van der Waals surface area contributed by atoms with Crippen LogP contribution in [0, 0.1) is 12.3 Å². The van der Waals surface area contributed by atoms with Crippen LogP contribution in [0.4, 0.5) is 0 Å². The molecule has 2 rings (SSSR count). The number of likely N-dealkylation sites (N-methyl/N-ethyl adjacent to an activating group) is 1. The predicted octanol–water partition coefficient (Wildman–Crippen LogP) is 2.08. The zero-order valence-corrected chi connectivity index (χ0v) is 13.6. The van der Waals surface area contributed by atoms with Crippen LogP contribution in [0.2, 0.25) is 0 Å². The van der Waals surface area contributed by atoms with Gasteiger partial charge in [0.2, 0.25) is 5.91 Å². The van der Waals surface area contributed by atoms with Crippen molar-refractivity contribution in [3.8, 4) is 0 Å². The van der Waals surface area contributed by atoms with Crippen molar-refractivity contribution in [2.75, 3.05) is 13.7 Å². The van der Waals surface area contributed by atoms with Gasteiger partial charge < -0.3 is 19.8 Å². The summed E-state index contributed by atoms with van der Waals surface area (Å²) >= 11 is 0. The minimum absolute atomic E-state index is 0.0377. The topological polar surface area (TPSA) is 68.7 Å². The Kier molecular flexibility index (Phi) is 4.17. The predicted molar refractivity (Wildman–Crippen MR) is 80.6 cm³/mol. The summed E-state index contributed by atoms with van der Waals surface area (Å²) in [6.07, 6.45) is 0.601. The molecule has 1 fully saturated rings. The summed E-state index contributed by atoms with van der Waals surface area (Å²) in [6, 6.07) is 3.78. The van der Waals surface area contributed by atoms with Gasteiger partial charge in [-0.3, -0.25) is 4.79 Å². The zero-order chi connectivity index (χ0) is 15.8. The molecule has 2 N–H and O–H groups in total. The van der Waals surface area contributed by atoms with Crippen LogP contribution in [0.25, 0.3) is 0 Å². The van der Waals surface area contributed by atoms with Gasteiger partial charge in [0.15, 0.2) is 0 Å². The van der Waals surface area contributed by atoms with Crippen molar-refractivity contribution in [1.82, 2.24) is 4.90 Å². The number of hydrogen-bond donors (Lipinski definition) is 1. The van der Waals surface area contributed by atoms with E-state index in [1.807, 2.05) is 39.8 Å². The molecule has 1 aliphatic rings. The number of carbonyl (C=O) groups is 1. The highest BCUT2D eigenvalue weighted by atomic mass is 16.5. The van der Waals surface area contributed by atoms with Crippen LogP contribution in [0.3, 0.4) is 0 Å². The largest absolute Gasteiger partial charge is 0.464 e. The van der Waals surface area contributed by atoms with E-state index in [0.29, 0.717) is 19.6 Å². The first-order chi connectivity index (χ1) is 9.72. The Balaban J connectivity index is 2.05. The molecule has 2 unspecified atom stereocenters. The lowest BCUT2D eigenvalue weighted by molar-refractivity contribution is -0.178. The fourth-order valence-electron chi connectivity index (χ4n) is 3.01. The Bertz CT molecular complexity index is 523. The lowest BCUT2D eigenvalue weighted by Crippen LogP contribution is -2.75. The molecule has 0 bridgehead atoms. The van der Waals surface area contributed by atoms with Gasteiger partial charge in [-0.2, -0.15) is 0 Å². The van der Waals surface area contributed by atoms with E-state index < -0.39 is 5.54 Å². The molecule has 1 heterocycles. The molecule has 1 saturated carbocycles. The number of nitrogens with two attached hydrogens (primary N) is 1. The summed E-state index contributed by atoms with van der Waals surface area (Å²) in [7, 11) is 1.76. The monoisotopic (exact) mass is 294 g/mol. The zero-order valence-electron chi connectivity index (χ0n) is 13.6. The molecule has 0 saturated heterocycles. The average molecular weight is 294 g/mol. The summed E-state index contributed by atoms with van der Waals surface area (Å²) < 4.78 is 11.2. The molecule has 0 aliphatic heterocycles. The summed E-state index contributed by atoms with van der Waals surface area (Å²) in [6.45, 7) is 8.91. The second-order valence-electron chi connectivity index (χ2n) is 6.51. The Morgan fingerprint density at radius 1 is 1.52 bits per heavy atom. The highest BCUT2D eigenvalue weighted by Crippen LogP contribution is 2.50. The molecule has 5 nitrogen and oxygen atoms in total. The molecule has 0 spiro atoms. The van der Waals surface area contributed by atoms with Crippen molar-refractivity contribution >= 4 is 5.91 Å². The third kappa shape index (κ3) is 2.60. The Morgan fingerprint density at radius 2 is 2.19 bits per heavy atom. The molecular weight excluding hydrogens is 268 g/mol. The van der Waals surface area contributed by atoms with Crippen molar-refractivity contribution in [1.29, 1.82) is 0 Å². The fraction of sp³-hybridized carbons (Fsp3) is 0.688. The molecule has 118 valence electrons. The third-order valence-electron chi connectivity index (χ3n) is 4.75. The van der Waals surface area contributed by atoms with Gasteiger partial charge in [0, 0.05) is 25.5 Å². The van der Waals surface area contributed by atoms with Crippen LogP contribution in [0.15, 0.2) is 16.5 Å². The van der Waals surface area contributed by atoms with Gasteiger partial charge in [0.1, 0.15) is 17.1 Å². The first-order valence-electron chi connectivity index (χ1n) is 7.43. The van der Waals surface area contributed by atoms with Crippen LogP contribution >= 0.6 is 0 Å². The number of amides is 1. The first-order valence-corrected chi connectivity index (χ1v) is 7.43. The molecule has 1 aromatic heterocycles. The number of ether oxygens (including phenoxy) is 1. The van der Waals surface area contributed by atoms with Crippen LogP contribution in [-0.2, 0) is 16.1 Å². The van der Waals surface area contributed by atoms with Gasteiger partial charge in [0.05, 0.1) is 12.6 Å². The number of nitrogens with zero attached hydrogens (tertiary/aromatic N) is 1. The van der Waals surface area contributed by atoms with E-state index in [9.17, 15) is 4.79 Å². The summed E-state index contributed by atoms with van der Waals surface area (Å²) in [5, 5.41) is 0. The highest BCUT2D eigenvalue weighted by Gasteiger charge is 2.63. The van der Waals surface area contributed by atoms with Crippen LogP contribution in [0.5, 0.6) is 0 Å². The average Bonchev–Trinajstić information content (AvgIpc) is 2.82. The van der Waals surface area contributed by atoms with Gasteiger partial charge in [-0.1, -0.05) is 13.8 Å². The Hall–Kier alpha value is -1.33. The van der Waals surface area contributed by atoms with Crippen molar-refractivity contribution in [3.05, 3.63) is 23.7 Å². The van der Waals surface area contributed by atoms with Gasteiger partial charge >= 0.3 is 0 Å². The SMILES string of the molecule is CCOC1CC(N)(C(=O)N(C)Cc2ccc(C)o2)C1(C)C. The summed E-state index contributed by atoms with van der Waals surface area (Å²) in [5.74, 6) is 1.55. The number of hydrogen-bond acceptors (Lipinski definition) is 4. The van der Waals surface area contributed by atoms with Gasteiger partial charge in [-0.25, -0.2) is 0 Å². The second kappa shape index (κ2) is 5.46. The molecule has 1 aliphatic carbocycles. The maximum atomic E-state index is 12.7. The highest BCUT2D eigenvalue weighted by molar-refractivity contribution is 5.88. The first kappa shape index (κ1) is 16.0. The molecule has 1 amide bonds. The Morgan fingerprint density at radius 3 is 2.67 bits per heavy atom. The maximum absolute atomic E-state index is 12.7. The minimum atomic E-state index is -0.872. The molecule has 2 atom stereocenters. The van der Waals surface area contributed by atoms with E-state index in [2.05, 4.69) is 0 Å². The molecule has 5 heteroatoms. The van der Waals surface area contributed by atoms with Crippen LogP contribution in [0.1, 0.15) is 38.7 Å². The fourth-order valence-corrected chi connectivity index (χ4v) is 3.01. The van der Waals surface area contributed by atoms with Crippen molar-refractivity contribution in [3.63, 3.8) is 0 Å². The van der Waals surface area contributed by atoms with Gasteiger partial charge in [-0.05, 0) is 26.0 Å². The van der Waals surface area contributed by atoms with E-state index in [1.165, 1.54) is 0 Å². The molecule has 0 aromatic carbocycles. The second-order valence-corrected chi connectivity index (χ2v) is 6.51. The normalized spacial score (nSPS) is 27.2. The van der Waals surface area contributed by atoms with Gasteiger partial charge in [0.25, 0.3) is 0 Å². The van der Waals surface area contributed by atoms with Crippen molar-refractivity contribution in [2.45, 2.75) is 52.3 Å². The summed E-state index contributed by atoms with van der Waals surface area (Å²) in [4.78, 5) is 14.4. The van der Waals surface area contributed by atoms with E-state index in [1.54, 1.807) is 11.9 Å². The standard InChI is InChI=1S/C16H26N2O3/c1-6-20-13-9-16(17,15(13,3)4)14(19)18(5)10-12-8-7-11(2)21-12/h7-8,13H,6,9-10,17H2,1-5H3. The smallest absolute Gasteiger partial charge is 0.243 e. The van der Waals surface area contributed by atoms with Crippen molar-refractivity contribution < 1.29 is 13.9 Å². The van der Waals surface area contributed by atoms with Crippen LogP contribution in [-0.4, -0.2) is 36.1 Å². The number of rotatable bonds is 5. The van der Waals surface area contributed by atoms with E-state index in [-0.39, 0.29) is 17.4 Å². The molecular formula is C16H26N2O3. The van der Waals surface area contributed by atoms with E-state index >= 15 is 0 Å². The maximum Gasteiger partial charge on any atom is 0.243 e. The lowest BCUT2D eigenvalue weighted by Gasteiger charge is -2.58. The Labute approximate surface area is 126 Å². The minimum Gasteiger partial charge on any atom is -0.464 e. The molecule has 0 radical (unpaired) electrons. The quantitative estimate of drug-likeness (QED) is 0.902. The molecule has 21 heavy (non-hydrogen) atoms. The van der Waals surface area contributed by atoms with Gasteiger partial charge in [-0.15, -0.1) is 0 Å². The number of aryl methyl sites for hydroxylation is 1. The number of carbonyl (C=O) groups excluding carboxylic acids is 1. The van der Waals surface area contributed by atoms with E-state index in [4.69, 9.17) is 14.9 Å². The van der Waals surface area contributed by atoms with Crippen LogP contribution < -0.4 is 5.73 Å². The lowest BCUT2D eigenvalue weighted by atomic mass is 9.54. The van der Waals surface area contributed by atoms with E-state index in [0.717, 1.165) is 11.5 Å².